The number of halogens is 1. The number of carbonyl (C=O) groups excluding carboxylic acids is 1. The van der Waals surface area contributed by atoms with Crippen LogP contribution in [0.1, 0.15) is 26.3 Å². The predicted octanol–water partition coefficient (Wildman–Crippen LogP) is 3.26. The molecular weight excluding hydrogens is 322 g/mol. The summed E-state index contributed by atoms with van der Waals surface area (Å²) in [6.07, 6.45) is 1.64. The zero-order valence-corrected chi connectivity index (χ0v) is 14.3. The molecule has 0 bridgehead atoms. The van der Waals surface area contributed by atoms with E-state index in [0.717, 1.165) is 5.56 Å². The summed E-state index contributed by atoms with van der Waals surface area (Å²) in [6, 6.07) is 5.44. The van der Waals surface area contributed by atoms with Gasteiger partial charge in [-0.05, 0) is 18.6 Å². The van der Waals surface area contributed by atoms with Gasteiger partial charge in [0.15, 0.2) is 5.57 Å². The Balaban J connectivity index is 2.93. The lowest BCUT2D eigenvalue weighted by molar-refractivity contribution is -0.138. The van der Waals surface area contributed by atoms with Gasteiger partial charge in [-0.25, -0.2) is 9.78 Å². The summed E-state index contributed by atoms with van der Waals surface area (Å²) >= 11 is 7.15. The fourth-order valence-electron chi connectivity index (χ4n) is 1.51. The van der Waals surface area contributed by atoms with Crippen molar-refractivity contribution in [1.29, 1.82) is 5.26 Å². The Bertz CT molecular complexity index is 579. The largest absolute Gasteiger partial charge is 0.462 e. The predicted molar refractivity (Wildman–Crippen MR) is 88.1 cm³/mol. The number of thioether (sulfide) groups is 1. The molecule has 7 heteroatoms. The minimum absolute atomic E-state index is 0.0116. The van der Waals surface area contributed by atoms with Crippen LogP contribution < -0.4 is 5.32 Å². The second-order valence-electron chi connectivity index (χ2n) is 4.55. The van der Waals surface area contributed by atoms with E-state index in [9.17, 15) is 10.1 Å². The number of hydrogen-bond donors (Lipinski definition) is 1. The Morgan fingerprint density at radius 3 is 2.77 bits per heavy atom. The van der Waals surface area contributed by atoms with Crippen LogP contribution >= 0.6 is 23.4 Å². The highest BCUT2D eigenvalue weighted by molar-refractivity contribution is 8.03. The maximum atomic E-state index is 11.9. The van der Waals surface area contributed by atoms with E-state index in [2.05, 4.69) is 10.3 Å². The monoisotopic (exact) mass is 339 g/mol. The van der Waals surface area contributed by atoms with E-state index >= 15 is 0 Å². The molecule has 0 aromatic carbocycles. The summed E-state index contributed by atoms with van der Waals surface area (Å²) < 4.78 is 4.92. The van der Waals surface area contributed by atoms with Crippen molar-refractivity contribution in [2.24, 2.45) is 0 Å². The highest BCUT2D eigenvalue weighted by Crippen LogP contribution is 2.23. The zero-order valence-electron chi connectivity index (χ0n) is 12.7. The number of esters is 1. The minimum Gasteiger partial charge on any atom is -0.462 e. The molecule has 0 spiro atoms. The molecule has 0 saturated heterocycles. The Hall–Kier alpha value is -1.71. The van der Waals surface area contributed by atoms with E-state index in [0.29, 0.717) is 16.7 Å². The smallest absolute Gasteiger partial charge is 0.351 e. The molecule has 1 N–H and O–H groups in total. The molecule has 1 aromatic heterocycles. The molecule has 22 heavy (non-hydrogen) atoms. The first-order chi connectivity index (χ1) is 10.5. The number of pyridine rings is 1. The van der Waals surface area contributed by atoms with Crippen molar-refractivity contribution >= 4 is 29.3 Å². The minimum atomic E-state index is -0.616. The summed E-state index contributed by atoms with van der Waals surface area (Å²) in [7, 11) is 0. The molecule has 1 aromatic rings. The average molecular weight is 340 g/mol. The number of rotatable bonds is 7. The number of nitrogens with one attached hydrogen (secondary N) is 1. The van der Waals surface area contributed by atoms with Crippen molar-refractivity contribution < 1.29 is 9.53 Å². The molecule has 0 aliphatic heterocycles. The maximum absolute atomic E-state index is 11.9. The van der Waals surface area contributed by atoms with Crippen LogP contribution in [-0.2, 0) is 16.1 Å². The first kappa shape index (κ1) is 18.3. The van der Waals surface area contributed by atoms with E-state index in [1.54, 1.807) is 19.2 Å². The highest BCUT2D eigenvalue weighted by atomic mass is 35.5. The van der Waals surface area contributed by atoms with Gasteiger partial charge in [-0.2, -0.15) is 5.26 Å². The third-order valence-corrected chi connectivity index (χ3v) is 3.69. The van der Waals surface area contributed by atoms with Crippen LogP contribution in [0.3, 0.4) is 0 Å². The van der Waals surface area contributed by atoms with Crippen molar-refractivity contribution in [2.75, 3.05) is 6.61 Å². The Morgan fingerprint density at radius 1 is 1.55 bits per heavy atom. The molecule has 0 atom stereocenters. The first-order valence-electron chi connectivity index (χ1n) is 6.80. The maximum Gasteiger partial charge on any atom is 0.351 e. The number of hydrogen-bond acceptors (Lipinski definition) is 6. The second-order valence-corrected chi connectivity index (χ2v) is 6.52. The van der Waals surface area contributed by atoms with Gasteiger partial charge in [0.1, 0.15) is 11.2 Å². The van der Waals surface area contributed by atoms with E-state index in [4.69, 9.17) is 16.3 Å². The average Bonchev–Trinajstić information content (AvgIpc) is 2.46. The highest BCUT2D eigenvalue weighted by Gasteiger charge is 2.18. The van der Waals surface area contributed by atoms with Crippen molar-refractivity contribution in [2.45, 2.75) is 32.6 Å². The van der Waals surface area contributed by atoms with Crippen LogP contribution in [0.5, 0.6) is 0 Å². The molecule has 118 valence electrons. The Kier molecular flexibility index (Phi) is 7.78. The molecule has 1 heterocycles. The van der Waals surface area contributed by atoms with Crippen LogP contribution in [0.15, 0.2) is 28.9 Å². The molecule has 0 saturated carbocycles. The van der Waals surface area contributed by atoms with Gasteiger partial charge >= 0.3 is 5.97 Å². The van der Waals surface area contributed by atoms with Crippen LogP contribution in [0.2, 0.25) is 5.15 Å². The molecule has 0 amide bonds. The fraction of sp³-hybridized carbons (Fsp3) is 0.400. The van der Waals surface area contributed by atoms with Crippen molar-refractivity contribution in [3.63, 3.8) is 0 Å². The molecule has 0 aliphatic carbocycles. The number of nitriles is 1. The first-order valence-corrected chi connectivity index (χ1v) is 8.06. The SMILES string of the molecule is CCOC(=O)C(C#N)=C(NCc1ccc(Cl)nc1)SC(C)C. The zero-order chi connectivity index (χ0) is 16.5. The molecule has 0 fully saturated rings. The molecule has 5 nitrogen and oxygen atoms in total. The van der Waals surface area contributed by atoms with E-state index in [1.165, 1.54) is 11.8 Å². The van der Waals surface area contributed by atoms with Crippen molar-refractivity contribution in [3.8, 4) is 6.07 Å². The van der Waals surface area contributed by atoms with E-state index in [1.807, 2.05) is 26.0 Å². The topological polar surface area (TPSA) is 75.0 Å². The fourth-order valence-corrected chi connectivity index (χ4v) is 2.50. The quantitative estimate of drug-likeness (QED) is 0.355. The summed E-state index contributed by atoms with van der Waals surface area (Å²) in [5.74, 6) is -0.616. The van der Waals surface area contributed by atoms with Gasteiger partial charge in [-0.1, -0.05) is 31.5 Å². The number of aromatic nitrogens is 1. The summed E-state index contributed by atoms with van der Waals surface area (Å²) in [5.41, 5.74) is 0.884. The summed E-state index contributed by atoms with van der Waals surface area (Å²) in [5, 5.41) is 13.5. The molecule has 0 unspecified atom stereocenters. The standard InChI is InChI=1S/C15H18ClN3O2S/c1-4-21-15(20)12(7-17)14(22-10(2)3)19-9-11-5-6-13(16)18-8-11/h5-6,8,10,19H,4,9H2,1-3H3. The molecule has 1 rings (SSSR count). The Morgan fingerprint density at radius 2 is 2.27 bits per heavy atom. The van der Waals surface area contributed by atoms with Gasteiger partial charge in [0, 0.05) is 18.0 Å². The van der Waals surface area contributed by atoms with E-state index < -0.39 is 5.97 Å². The normalized spacial score (nSPS) is 11.6. The van der Waals surface area contributed by atoms with Gasteiger partial charge in [0.25, 0.3) is 0 Å². The van der Waals surface area contributed by atoms with E-state index in [-0.39, 0.29) is 17.4 Å². The number of ether oxygens (including phenoxy) is 1. The van der Waals surface area contributed by atoms with Crippen LogP contribution in [0.4, 0.5) is 0 Å². The van der Waals surface area contributed by atoms with Gasteiger partial charge in [0.05, 0.1) is 11.6 Å². The van der Waals surface area contributed by atoms with Crippen molar-refractivity contribution in [1.82, 2.24) is 10.3 Å². The van der Waals surface area contributed by atoms with Gasteiger partial charge < -0.3 is 10.1 Å². The lowest BCUT2D eigenvalue weighted by Crippen LogP contribution is -2.18. The van der Waals surface area contributed by atoms with Crippen molar-refractivity contribution in [3.05, 3.63) is 39.6 Å². The van der Waals surface area contributed by atoms with Crippen LogP contribution in [0, 0.1) is 11.3 Å². The molecular formula is C15H18ClN3O2S. The second kappa shape index (κ2) is 9.34. The number of carbonyl (C=O) groups is 1. The third-order valence-electron chi connectivity index (χ3n) is 2.41. The number of nitrogens with zero attached hydrogens (tertiary/aromatic N) is 2. The van der Waals surface area contributed by atoms with Gasteiger partial charge in [0.2, 0.25) is 0 Å². The lowest BCUT2D eigenvalue weighted by Gasteiger charge is -2.14. The summed E-state index contributed by atoms with van der Waals surface area (Å²) in [4.78, 5) is 15.9. The lowest BCUT2D eigenvalue weighted by atomic mass is 10.3. The van der Waals surface area contributed by atoms with Gasteiger partial charge in [-0.15, -0.1) is 11.8 Å². The third kappa shape index (κ3) is 5.96. The van der Waals surface area contributed by atoms with Crippen LogP contribution in [0.25, 0.3) is 0 Å². The molecule has 0 aliphatic rings. The Labute approximate surface area is 139 Å². The van der Waals surface area contributed by atoms with Gasteiger partial charge in [-0.3, -0.25) is 0 Å². The molecule has 0 radical (unpaired) electrons. The summed E-state index contributed by atoms with van der Waals surface area (Å²) in [6.45, 7) is 6.33. The van der Waals surface area contributed by atoms with Crippen LogP contribution in [-0.4, -0.2) is 22.8 Å².